The highest BCUT2D eigenvalue weighted by molar-refractivity contribution is 5.11. The van der Waals surface area contributed by atoms with Crippen molar-refractivity contribution in [1.82, 2.24) is 14.9 Å². The molecule has 1 aliphatic carbocycles. The van der Waals surface area contributed by atoms with Gasteiger partial charge >= 0.3 is 0 Å². The van der Waals surface area contributed by atoms with Gasteiger partial charge in [-0.1, -0.05) is 13.8 Å². The molecule has 4 nitrogen and oxygen atoms in total. The van der Waals surface area contributed by atoms with Crippen LogP contribution in [0.2, 0.25) is 0 Å². The van der Waals surface area contributed by atoms with E-state index in [4.69, 9.17) is 4.74 Å². The van der Waals surface area contributed by atoms with Crippen molar-refractivity contribution in [2.24, 2.45) is 11.3 Å². The zero-order valence-electron chi connectivity index (χ0n) is 11.5. The predicted octanol–water partition coefficient (Wildman–Crippen LogP) is 1.67. The average molecular weight is 249 g/mol. The van der Waals surface area contributed by atoms with Gasteiger partial charge in [0.1, 0.15) is 0 Å². The summed E-state index contributed by atoms with van der Waals surface area (Å²) in [5, 5.41) is 3.79. The maximum absolute atomic E-state index is 5.83. The van der Waals surface area contributed by atoms with Crippen LogP contribution in [0.15, 0.2) is 18.7 Å². The van der Waals surface area contributed by atoms with Gasteiger partial charge in [0.2, 0.25) is 0 Å². The Hall–Kier alpha value is -0.870. The van der Waals surface area contributed by atoms with Crippen molar-refractivity contribution in [1.29, 1.82) is 0 Å². The van der Waals surface area contributed by atoms with E-state index in [9.17, 15) is 0 Å². The Morgan fingerprint density at radius 3 is 3.11 bits per heavy atom. The van der Waals surface area contributed by atoms with Gasteiger partial charge in [-0.15, -0.1) is 0 Å². The number of imidazole rings is 1. The number of ether oxygens (including phenoxy) is 1. The van der Waals surface area contributed by atoms with Crippen LogP contribution < -0.4 is 5.32 Å². The molecule has 2 heterocycles. The molecule has 4 heteroatoms. The molecule has 0 radical (unpaired) electrons. The Kier molecular flexibility index (Phi) is 2.94. The molecule has 0 aromatic carbocycles. The van der Waals surface area contributed by atoms with Crippen LogP contribution >= 0.6 is 0 Å². The minimum atomic E-state index is 0.268. The fourth-order valence-electron chi connectivity index (χ4n) is 3.73. The average Bonchev–Trinajstić information content (AvgIpc) is 2.95. The van der Waals surface area contributed by atoms with Gasteiger partial charge in [0.05, 0.1) is 12.4 Å². The standard InChI is InChI=1S/C14H23N3O/c1-10(8-17-6-5-15-9-17)16-12-11-4-7-18-13(11)14(12,2)3/h5-6,9-13,16H,4,7-8H2,1-3H3. The fourth-order valence-corrected chi connectivity index (χ4v) is 3.73. The predicted molar refractivity (Wildman–Crippen MR) is 70.2 cm³/mol. The number of fused-ring (bicyclic) bond motifs is 1. The van der Waals surface area contributed by atoms with Gasteiger partial charge in [-0.3, -0.25) is 0 Å². The van der Waals surface area contributed by atoms with Crippen molar-refractivity contribution in [3.8, 4) is 0 Å². The SMILES string of the molecule is CC(Cn1ccnc1)NC1C2CCOC2C1(C)C. The van der Waals surface area contributed by atoms with E-state index in [2.05, 4.69) is 35.6 Å². The first-order valence-electron chi connectivity index (χ1n) is 6.92. The minimum absolute atomic E-state index is 0.268. The number of rotatable bonds is 4. The Morgan fingerprint density at radius 2 is 2.39 bits per heavy atom. The summed E-state index contributed by atoms with van der Waals surface area (Å²) in [4.78, 5) is 4.09. The molecule has 0 spiro atoms. The molecule has 2 fully saturated rings. The number of nitrogens with zero attached hydrogens (tertiary/aromatic N) is 2. The molecule has 1 aliphatic heterocycles. The van der Waals surface area contributed by atoms with Crippen molar-refractivity contribution in [2.45, 2.75) is 51.9 Å². The quantitative estimate of drug-likeness (QED) is 0.882. The van der Waals surface area contributed by atoms with Crippen molar-refractivity contribution in [2.75, 3.05) is 6.61 Å². The highest BCUT2D eigenvalue weighted by Crippen LogP contribution is 2.52. The molecule has 1 N–H and O–H groups in total. The Labute approximate surface area is 109 Å². The third-order valence-electron chi connectivity index (χ3n) is 4.61. The van der Waals surface area contributed by atoms with E-state index >= 15 is 0 Å². The van der Waals surface area contributed by atoms with Gasteiger partial charge in [0.25, 0.3) is 0 Å². The van der Waals surface area contributed by atoms with Crippen molar-refractivity contribution < 1.29 is 4.74 Å². The molecule has 0 bridgehead atoms. The van der Waals surface area contributed by atoms with Gasteiger partial charge in [-0.25, -0.2) is 4.98 Å². The zero-order chi connectivity index (χ0) is 12.8. The van der Waals surface area contributed by atoms with E-state index in [1.165, 1.54) is 6.42 Å². The summed E-state index contributed by atoms with van der Waals surface area (Å²) in [6, 6.07) is 1.05. The molecule has 3 rings (SSSR count). The summed E-state index contributed by atoms with van der Waals surface area (Å²) >= 11 is 0. The van der Waals surface area contributed by atoms with Crippen molar-refractivity contribution in [3.63, 3.8) is 0 Å². The molecule has 2 aliphatic rings. The summed E-state index contributed by atoms with van der Waals surface area (Å²) in [5.41, 5.74) is 0.268. The summed E-state index contributed by atoms with van der Waals surface area (Å²) in [7, 11) is 0. The first kappa shape index (κ1) is 12.2. The molecule has 1 aromatic heterocycles. The molecule has 100 valence electrons. The number of hydrogen-bond acceptors (Lipinski definition) is 3. The van der Waals surface area contributed by atoms with Gasteiger partial charge in [0.15, 0.2) is 0 Å². The monoisotopic (exact) mass is 249 g/mol. The summed E-state index contributed by atoms with van der Waals surface area (Å²) in [6.07, 6.45) is 7.41. The molecular formula is C14H23N3O. The highest BCUT2D eigenvalue weighted by atomic mass is 16.5. The van der Waals surface area contributed by atoms with Gasteiger partial charge < -0.3 is 14.6 Å². The molecule has 1 saturated carbocycles. The highest BCUT2D eigenvalue weighted by Gasteiger charge is 2.59. The van der Waals surface area contributed by atoms with E-state index in [-0.39, 0.29) is 5.41 Å². The van der Waals surface area contributed by atoms with Crippen LogP contribution in [0, 0.1) is 11.3 Å². The van der Waals surface area contributed by atoms with E-state index in [0.29, 0.717) is 24.1 Å². The Morgan fingerprint density at radius 1 is 1.56 bits per heavy atom. The van der Waals surface area contributed by atoms with Gasteiger partial charge in [-0.05, 0) is 13.3 Å². The molecular weight excluding hydrogens is 226 g/mol. The third-order valence-corrected chi connectivity index (χ3v) is 4.61. The summed E-state index contributed by atoms with van der Waals surface area (Å²) in [5.74, 6) is 0.713. The lowest BCUT2D eigenvalue weighted by atomic mass is 9.57. The second-order valence-electron chi connectivity index (χ2n) is 6.37. The van der Waals surface area contributed by atoms with Crippen LogP contribution in [0.4, 0.5) is 0 Å². The smallest absolute Gasteiger partial charge is 0.0946 e. The molecule has 1 saturated heterocycles. The first-order chi connectivity index (χ1) is 8.59. The lowest BCUT2D eigenvalue weighted by Crippen LogP contribution is -2.67. The zero-order valence-corrected chi connectivity index (χ0v) is 11.5. The van der Waals surface area contributed by atoms with Gasteiger partial charge in [-0.2, -0.15) is 0 Å². The van der Waals surface area contributed by atoms with E-state index in [1.807, 2.05) is 18.7 Å². The van der Waals surface area contributed by atoms with Crippen molar-refractivity contribution in [3.05, 3.63) is 18.7 Å². The minimum Gasteiger partial charge on any atom is -0.377 e. The second kappa shape index (κ2) is 4.35. The number of hydrogen-bond donors (Lipinski definition) is 1. The lowest BCUT2D eigenvalue weighted by Gasteiger charge is -2.55. The van der Waals surface area contributed by atoms with Crippen molar-refractivity contribution >= 4 is 0 Å². The van der Waals surface area contributed by atoms with Gasteiger partial charge in [0, 0.05) is 49.0 Å². The molecule has 4 atom stereocenters. The van der Waals surface area contributed by atoms with Crippen LogP contribution in [-0.4, -0.2) is 34.3 Å². The Balaban J connectivity index is 1.59. The van der Waals surface area contributed by atoms with Crippen LogP contribution in [0.3, 0.4) is 0 Å². The maximum atomic E-state index is 5.83. The summed E-state index contributed by atoms with van der Waals surface area (Å²) in [6.45, 7) is 8.80. The van der Waals surface area contributed by atoms with Crippen LogP contribution in [0.25, 0.3) is 0 Å². The number of nitrogens with one attached hydrogen (secondary N) is 1. The van der Waals surface area contributed by atoms with E-state index < -0.39 is 0 Å². The normalized spacial score (nSPS) is 34.9. The fraction of sp³-hybridized carbons (Fsp3) is 0.786. The maximum Gasteiger partial charge on any atom is 0.0946 e. The molecule has 4 unspecified atom stereocenters. The largest absolute Gasteiger partial charge is 0.377 e. The topological polar surface area (TPSA) is 39.1 Å². The molecule has 0 amide bonds. The summed E-state index contributed by atoms with van der Waals surface area (Å²) < 4.78 is 7.96. The van der Waals surface area contributed by atoms with E-state index in [0.717, 1.165) is 13.2 Å². The molecule has 18 heavy (non-hydrogen) atoms. The van der Waals surface area contributed by atoms with E-state index in [1.54, 1.807) is 0 Å². The Bertz CT molecular complexity index is 401. The lowest BCUT2D eigenvalue weighted by molar-refractivity contribution is -0.115. The van der Waals surface area contributed by atoms with Crippen LogP contribution in [0.5, 0.6) is 0 Å². The second-order valence-corrected chi connectivity index (χ2v) is 6.37. The molecule has 1 aromatic rings. The number of aromatic nitrogens is 2. The van der Waals surface area contributed by atoms with Crippen LogP contribution in [0.1, 0.15) is 27.2 Å². The van der Waals surface area contributed by atoms with Crippen LogP contribution in [-0.2, 0) is 11.3 Å². The third kappa shape index (κ3) is 1.88. The first-order valence-corrected chi connectivity index (χ1v) is 6.92.